The van der Waals surface area contributed by atoms with E-state index in [1.807, 2.05) is 18.7 Å². The Bertz CT molecular complexity index is 2010. The summed E-state index contributed by atoms with van der Waals surface area (Å²) in [6.07, 6.45) is 11.4. The smallest absolute Gasteiger partial charge is 0.319 e. The first-order chi connectivity index (χ1) is 24.6. The van der Waals surface area contributed by atoms with Crippen LogP contribution in [-0.4, -0.2) is 87.2 Å². The molecule has 5 fully saturated rings. The number of phenols is 1. The van der Waals surface area contributed by atoms with Gasteiger partial charge in [-0.25, -0.2) is 8.78 Å². The van der Waals surface area contributed by atoms with Crippen molar-refractivity contribution < 1.29 is 28.5 Å². The molecule has 3 atom stereocenters. The monoisotopic (exact) mass is 699 g/mol. The lowest BCUT2D eigenvalue weighted by Gasteiger charge is -2.60. The van der Waals surface area contributed by atoms with E-state index in [-0.39, 0.29) is 28.4 Å². The molecule has 51 heavy (non-hydrogen) atoms. The zero-order valence-electron chi connectivity index (χ0n) is 29.6. The molecule has 3 unspecified atom stereocenters. The zero-order valence-corrected chi connectivity index (χ0v) is 29.6. The third-order valence-corrected chi connectivity index (χ3v) is 12.8. The molecule has 2 aromatic carbocycles. The second-order valence-electron chi connectivity index (χ2n) is 16.5. The summed E-state index contributed by atoms with van der Waals surface area (Å²) in [6, 6.07) is 7.10. The van der Waals surface area contributed by atoms with Crippen LogP contribution in [0.5, 0.6) is 11.8 Å². The zero-order chi connectivity index (χ0) is 35.1. The number of β-amino-alcohol motifs (C(OH)–C–C–N with tert-alkyl or cyclic N) is 1. The lowest BCUT2D eigenvalue weighted by Crippen LogP contribution is -2.64. The van der Waals surface area contributed by atoms with Crippen molar-refractivity contribution in [3.63, 3.8) is 0 Å². The number of rotatable bonds is 7. The molecule has 3 saturated heterocycles. The summed E-state index contributed by atoms with van der Waals surface area (Å²) in [5, 5.41) is 23.2. The first-order valence-corrected chi connectivity index (χ1v) is 18.8. The Morgan fingerprint density at radius 2 is 1.84 bits per heavy atom. The molecule has 0 radical (unpaired) electrons. The van der Waals surface area contributed by atoms with E-state index in [2.05, 4.69) is 9.88 Å². The molecule has 2 saturated carbocycles. The summed E-state index contributed by atoms with van der Waals surface area (Å²) in [6.45, 7) is 7.99. The number of halogens is 2. The van der Waals surface area contributed by atoms with Crippen LogP contribution in [0, 0.1) is 22.5 Å². The fourth-order valence-electron chi connectivity index (χ4n) is 10.3. The quantitative estimate of drug-likeness (QED) is 0.213. The Hall–Kier alpha value is -3.67. The van der Waals surface area contributed by atoms with Gasteiger partial charge in [0.15, 0.2) is 5.82 Å². The molecule has 2 N–H and O–H groups in total. The maximum Gasteiger partial charge on any atom is 0.319 e. The number of hydrogen-bond donors (Lipinski definition) is 2. The minimum Gasteiger partial charge on any atom is -0.508 e. The second-order valence-corrected chi connectivity index (χ2v) is 16.5. The van der Waals surface area contributed by atoms with Crippen molar-refractivity contribution in [2.45, 2.75) is 95.7 Å². The van der Waals surface area contributed by atoms with Gasteiger partial charge in [-0.15, -0.1) is 0 Å². The largest absolute Gasteiger partial charge is 0.508 e. The van der Waals surface area contributed by atoms with Crippen molar-refractivity contribution in [3.8, 4) is 23.0 Å². The third-order valence-electron chi connectivity index (χ3n) is 12.8. The molecule has 2 aromatic heterocycles. The average Bonchev–Trinajstić information content (AvgIpc) is 3.51. The molecule has 5 aliphatic rings. The Morgan fingerprint density at radius 3 is 2.61 bits per heavy atom. The Kier molecular flexibility index (Phi) is 7.94. The van der Waals surface area contributed by atoms with Crippen molar-refractivity contribution in [2.75, 3.05) is 44.4 Å². The maximum atomic E-state index is 17.1. The fraction of sp³-hybridized carbons (Fsp3) is 0.575. The summed E-state index contributed by atoms with van der Waals surface area (Å²) >= 11 is 0. The molecule has 270 valence electrons. The van der Waals surface area contributed by atoms with Crippen LogP contribution in [0.3, 0.4) is 0 Å². The molecule has 9 rings (SSSR count). The van der Waals surface area contributed by atoms with E-state index in [1.165, 1.54) is 25.0 Å². The van der Waals surface area contributed by atoms with Gasteiger partial charge in [0.25, 0.3) is 0 Å². The minimum atomic E-state index is -0.934. The molecule has 5 heterocycles. The number of ether oxygens (including phenoxy) is 2. The van der Waals surface area contributed by atoms with Gasteiger partial charge in [-0.1, -0.05) is 19.4 Å². The van der Waals surface area contributed by atoms with Crippen LogP contribution in [0.4, 0.5) is 14.6 Å². The van der Waals surface area contributed by atoms with Crippen molar-refractivity contribution in [1.29, 1.82) is 0 Å². The summed E-state index contributed by atoms with van der Waals surface area (Å²) in [7, 11) is 0. The number of aromatic nitrogens is 3. The van der Waals surface area contributed by atoms with E-state index < -0.39 is 17.2 Å². The van der Waals surface area contributed by atoms with Gasteiger partial charge >= 0.3 is 6.01 Å². The highest BCUT2D eigenvalue weighted by atomic mass is 19.1. The SMILES string of the molecule is CCc1c(F)ccc2cc(O)cc(-c3ncc4c(N5CCCC(C)(O)C5)nc(OCC56CCCC5N(C5CC7(COC7)C5)CCC6)nc4c3F)c12. The molecular formula is C40H47F2N5O4. The van der Waals surface area contributed by atoms with E-state index in [4.69, 9.17) is 19.4 Å². The number of anilines is 1. The number of hydrogen-bond acceptors (Lipinski definition) is 9. The number of aliphatic hydroxyl groups is 1. The van der Waals surface area contributed by atoms with Gasteiger partial charge in [-0.2, -0.15) is 9.97 Å². The number of aryl methyl sites for hydroxylation is 1. The van der Waals surface area contributed by atoms with Crippen LogP contribution in [0.2, 0.25) is 0 Å². The molecule has 0 bridgehead atoms. The normalized spacial score (nSPS) is 27.9. The topological polar surface area (TPSA) is 104 Å². The number of likely N-dealkylation sites (tertiary alicyclic amines) is 1. The number of pyridine rings is 1. The van der Waals surface area contributed by atoms with Gasteiger partial charge in [0, 0.05) is 47.8 Å². The number of aromatic hydroxyl groups is 1. The number of piperidine rings is 2. The lowest BCUT2D eigenvalue weighted by atomic mass is 9.62. The summed E-state index contributed by atoms with van der Waals surface area (Å²) in [4.78, 5) is 19.0. The minimum absolute atomic E-state index is 0.0204. The van der Waals surface area contributed by atoms with E-state index in [1.54, 1.807) is 18.3 Å². The third kappa shape index (κ3) is 5.53. The van der Waals surface area contributed by atoms with Crippen LogP contribution < -0.4 is 9.64 Å². The maximum absolute atomic E-state index is 17.1. The summed E-state index contributed by atoms with van der Waals surface area (Å²) in [5.41, 5.74) is 0.192. The average molecular weight is 700 g/mol. The number of fused-ring (bicyclic) bond motifs is 3. The summed E-state index contributed by atoms with van der Waals surface area (Å²) in [5.74, 6) is -0.680. The van der Waals surface area contributed by atoms with Gasteiger partial charge in [-0.3, -0.25) is 9.88 Å². The van der Waals surface area contributed by atoms with E-state index >= 15 is 8.78 Å². The Morgan fingerprint density at radius 1 is 1.04 bits per heavy atom. The van der Waals surface area contributed by atoms with Crippen LogP contribution in [0.25, 0.3) is 32.9 Å². The Labute approximate surface area is 297 Å². The highest BCUT2D eigenvalue weighted by Crippen LogP contribution is 2.55. The molecule has 9 nitrogen and oxygen atoms in total. The van der Waals surface area contributed by atoms with E-state index in [0.717, 1.165) is 58.3 Å². The lowest BCUT2D eigenvalue weighted by molar-refractivity contribution is -0.196. The first kappa shape index (κ1) is 33.2. The first-order valence-electron chi connectivity index (χ1n) is 18.8. The second kappa shape index (κ2) is 12.2. The van der Waals surface area contributed by atoms with E-state index in [0.29, 0.717) is 83.1 Å². The van der Waals surface area contributed by atoms with Gasteiger partial charge in [0.2, 0.25) is 0 Å². The van der Waals surface area contributed by atoms with Crippen molar-refractivity contribution in [3.05, 3.63) is 47.7 Å². The fourth-order valence-corrected chi connectivity index (χ4v) is 10.3. The molecule has 4 aromatic rings. The molecule has 11 heteroatoms. The molecule has 1 spiro atoms. The number of nitrogens with zero attached hydrogens (tertiary/aromatic N) is 5. The number of benzene rings is 2. The van der Waals surface area contributed by atoms with Crippen LogP contribution in [0.15, 0.2) is 30.5 Å². The van der Waals surface area contributed by atoms with Crippen LogP contribution in [0.1, 0.15) is 77.2 Å². The van der Waals surface area contributed by atoms with Crippen molar-refractivity contribution >= 4 is 27.5 Å². The van der Waals surface area contributed by atoms with Crippen molar-refractivity contribution in [2.24, 2.45) is 10.8 Å². The summed E-state index contributed by atoms with van der Waals surface area (Å²) < 4.78 is 44.3. The highest BCUT2D eigenvalue weighted by Gasteiger charge is 2.56. The molecule has 3 aliphatic heterocycles. The highest BCUT2D eigenvalue weighted by molar-refractivity contribution is 6.01. The van der Waals surface area contributed by atoms with Gasteiger partial charge in [-0.05, 0) is 106 Å². The molecule has 0 amide bonds. The number of phenolic OH excluding ortho intramolecular Hbond substituents is 1. The van der Waals surface area contributed by atoms with Gasteiger partial charge in [0.05, 0.1) is 30.8 Å². The van der Waals surface area contributed by atoms with Crippen LogP contribution in [-0.2, 0) is 11.2 Å². The van der Waals surface area contributed by atoms with Gasteiger partial charge in [0.1, 0.15) is 28.6 Å². The predicted octanol–water partition coefficient (Wildman–Crippen LogP) is 6.93. The van der Waals surface area contributed by atoms with E-state index in [9.17, 15) is 10.2 Å². The van der Waals surface area contributed by atoms with Gasteiger partial charge < -0.3 is 24.6 Å². The standard InChI is InChI=1S/C40H47F2N5O4/c1-3-27-30(41)9-8-24-15-26(48)16-28(32(24)27)34-33(42)35-29(19-43-34)36(46-13-5-10-38(2,49)20-46)45-37(44-35)51-23-40-11-4-7-31(40)47(14-6-12-40)25-17-39(18-25)21-50-22-39/h8-9,15-16,19,25,31,48-49H,3-7,10-14,17-18,20-23H2,1-2H3. The predicted molar refractivity (Wildman–Crippen MR) is 191 cm³/mol. The molecular weight excluding hydrogens is 652 g/mol. The van der Waals surface area contributed by atoms with Crippen molar-refractivity contribution in [1.82, 2.24) is 19.9 Å². The van der Waals surface area contributed by atoms with Crippen LogP contribution >= 0.6 is 0 Å². The Balaban J connectivity index is 1.11. The molecule has 2 aliphatic carbocycles.